The lowest BCUT2D eigenvalue weighted by Gasteiger charge is -2.35. The minimum atomic E-state index is -3.46. The number of halogens is 3. The van der Waals surface area contributed by atoms with Crippen LogP contribution in [0.25, 0.3) is 0 Å². The van der Waals surface area contributed by atoms with Crippen molar-refractivity contribution in [3.63, 3.8) is 0 Å². The fourth-order valence-corrected chi connectivity index (χ4v) is 2.60. The Morgan fingerprint density at radius 2 is 1.81 bits per heavy atom. The summed E-state index contributed by atoms with van der Waals surface area (Å²) in [5.74, 6) is -4.25. The van der Waals surface area contributed by atoms with E-state index >= 15 is 0 Å². The number of carbonyl (C=O) groups is 1. The second-order valence-corrected chi connectivity index (χ2v) is 5.43. The van der Waals surface area contributed by atoms with Crippen LogP contribution in [0.5, 0.6) is 0 Å². The van der Waals surface area contributed by atoms with E-state index in [4.69, 9.17) is 5.73 Å². The van der Waals surface area contributed by atoms with Gasteiger partial charge in [0.2, 0.25) is 0 Å². The van der Waals surface area contributed by atoms with E-state index in [0.29, 0.717) is 31.8 Å². The van der Waals surface area contributed by atoms with Crippen molar-refractivity contribution in [3.8, 4) is 0 Å². The molecule has 2 N–H and O–H groups in total. The van der Waals surface area contributed by atoms with Gasteiger partial charge in [0.1, 0.15) is 0 Å². The van der Waals surface area contributed by atoms with Gasteiger partial charge in [-0.1, -0.05) is 30.3 Å². The highest BCUT2D eigenvalue weighted by Gasteiger charge is 2.44. The number of nitrogens with zero attached hydrogens (tertiary/aromatic N) is 1. The molecule has 2 rings (SSSR count). The van der Waals surface area contributed by atoms with Gasteiger partial charge in [-0.15, -0.1) is 12.4 Å². The van der Waals surface area contributed by atoms with E-state index in [2.05, 4.69) is 0 Å². The van der Waals surface area contributed by atoms with Crippen LogP contribution in [0.4, 0.5) is 8.78 Å². The fourth-order valence-electron chi connectivity index (χ4n) is 2.60. The van der Waals surface area contributed by atoms with Crippen molar-refractivity contribution in [3.05, 3.63) is 35.9 Å². The molecule has 0 aromatic heterocycles. The Morgan fingerprint density at radius 3 is 2.29 bits per heavy atom. The predicted octanol–water partition coefficient (Wildman–Crippen LogP) is 2.79. The van der Waals surface area contributed by atoms with Crippen molar-refractivity contribution in [1.29, 1.82) is 0 Å². The lowest BCUT2D eigenvalue weighted by atomic mass is 9.90. The minimum absolute atomic E-state index is 0. The van der Waals surface area contributed by atoms with Crippen LogP contribution in [0.3, 0.4) is 0 Å². The van der Waals surface area contributed by atoms with Crippen molar-refractivity contribution >= 4 is 18.3 Å². The highest BCUT2D eigenvalue weighted by atomic mass is 35.5. The number of alkyl halides is 2. The molecule has 1 aromatic rings. The molecule has 3 nitrogen and oxygen atoms in total. The predicted molar refractivity (Wildman–Crippen MR) is 80.5 cm³/mol. The maximum absolute atomic E-state index is 14.2. The van der Waals surface area contributed by atoms with Gasteiger partial charge in [0.05, 0.1) is 0 Å². The molecule has 1 unspecified atom stereocenters. The van der Waals surface area contributed by atoms with Crippen LogP contribution in [0.15, 0.2) is 30.3 Å². The Bertz CT molecular complexity index is 460. The van der Waals surface area contributed by atoms with Crippen molar-refractivity contribution in [2.75, 3.05) is 13.1 Å². The number of benzene rings is 1. The van der Waals surface area contributed by atoms with E-state index in [-0.39, 0.29) is 24.0 Å². The molecule has 0 bridgehead atoms. The van der Waals surface area contributed by atoms with Gasteiger partial charge in [0, 0.05) is 24.7 Å². The number of hydrogen-bond donors (Lipinski definition) is 1. The maximum Gasteiger partial charge on any atom is 0.349 e. The molecule has 0 saturated carbocycles. The summed E-state index contributed by atoms with van der Waals surface area (Å²) in [6.45, 7) is 2.63. The van der Waals surface area contributed by atoms with Crippen molar-refractivity contribution in [1.82, 2.24) is 4.90 Å². The number of rotatable bonds is 3. The number of amides is 1. The zero-order valence-corrected chi connectivity index (χ0v) is 12.8. The van der Waals surface area contributed by atoms with Crippen LogP contribution >= 0.6 is 12.4 Å². The molecule has 0 radical (unpaired) electrons. The molecular formula is C15H21ClF2N2O. The van der Waals surface area contributed by atoms with E-state index in [1.165, 1.54) is 29.2 Å². The molecular weight excluding hydrogens is 298 g/mol. The molecule has 1 amide bonds. The zero-order chi connectivity index (χ0) is 14.8. The number of carbonyl (C=O) groups excluding carboxylic acids is 1. The second-order valence-electron chi connectivity index (χ2n) is 5.43. The Kier molecular flexibility index (Phi) is 6.10. The quantitative estimate of drug-likeness (QED) is 0.931. The van der Waals surface area contributed by atoms with Gasteiger partial charge in [-0.05, 0) is 25.7 Å². The summed E-state index contributed by atoms with van der Waals surface area (Å²) in [5.41, 5.74) is 5.56. The molecule has 1 heterocycles. The smallest absolute Gasteiger partial charge is 0.337 e. The molecule has 1 fully saturated rings. The highest BCUT2D eigenvalue weighted by molar-refractivity contribution is 5.85. The maximum atomic E-state index is 14.2. The second kappa shape index (κ2) is 7.18. The Hall–Kier alpha value is -1.20. The van der Waals surface area contributed by atoms with Crippen LogP contribution in [0, 0.1) is 5.92 Å². The molecule has 118 valence electrons. The van der Waals surface area contributed by atoms with E-state index in [1.54, 1.807) is 6.07 Å². The Labute approximate surface area is 129 Å². The fraction of sp³-hybridized carbons (Fsp3) is 0.533. The molecule has 0 aliphatic carbocycles. The Morgan fingerprint density at radius 1 is 1.29 bits per heavy atom. The van der Waals surface area contributed by atoms with E-state index in [9.17, 15) is 13.6 Å². The normalized spacial score (nSPS) is 18.0. The average molecular weight is 319 g/mol. The first-order chi connectivity index (χ1) is 9.43. The van der Waals surface area contributed by atoms with Gasteiger partial charge in [-0.25, -0.2) is 0 Å². The molecule has 1 aromatic carbocycles. The van der Waals surface area contributed by atoms with Crippen LogP contribution in [0.2, 0.25) is 0 Å². The first-order valence-electron chi connectivity index (χ1n) is 6.91. The van der Waals surface area contributed by atoms with Gasteiger partial charge in [0.15, 0.2) is 0 Å². The van der Waals surface area contributed by atoms with Crippen LogP contribution in [0.1, 0.15) is 25.3 Å². The number of nitrogens with two attached hydrogens (primary N) is 1. The monoisotopic (exact) mass is 318 g/mol. The standard InChI is InChI=1S/C15H20F2N2O.ClH/c1-11(18)12-7-9-19(10-8-12)14(20)15(16,17)13-5-3-2-4-6-13;/h2-6,11-12H,7-10,18H2,1H3;1H. The highest BCUT2D eigenvalue weighted by Crippen LogP contribution is 2.32. The molecule has 1 aliphatic heterocycles. The summed E-state index contributed by atoms with van der Waals surface area (Å²) in [5, 5.41) is 0. The summed E-state index contributed by atoms with van der Waals surface area (Å²) in [7, 11) is 0. The molecule has 1 atom stereocenters. The molecule has 1 saturated heterocycles. The number of hydrogen-bond acceptors (Lipinski definition) is 2. The van der Waals surface area contributed by atoms with E-state index in [1.807, 2.05) is 6.92 Å². The molecule has 1 aliphatic rings. The van der Waals surface area contributed by atoms with Gasteiger partial charge in [-0.2, -0.15) is 8.78 Å². The SMILES string of the molecule is CC(N)C1CCN(C(=O)C(F)(F)c2ccccc2)CC1.Cl. The third-order valence-electron chi connectivity index (χ3n) is 3.98. The van der Waals surface area contributed by atoms with Crippen molar-refractivity contribution in [2.45, 2.75) is 31.7 Å². The summed E-state index contributed by atoms with van der Waals surface area (Å²) >= 11 is 0. The number of piperidine rings is 1. The van der Waals surface area contributed by atoms with Crippen LogP contribution < -0.4 is 5.73 Å². The Balaban J connectivity index is 0.00000220. The zero-order valence-electron chi connectivity index (χ0n) is 12.0. The summed E-state index contributed by atoms with van der Waals surface area (Å²) in [6, 6.07) is 7.29. The lowest BCUT2D eigenvalue weighted by molar-refractivity contribution is -0.160. The molecule has 6 heteroatoms. The largest absolute Gasteiger partial charge is 0.349 e. The third-order valence-corrected chi connectivity index (χ3v) is 3.98. The van der Waals surface area contributed by atoms with Gasteiger partial charge >= 0.3 is 5.92 Å². The van der Waals surface area contributed by atoms with Crippen molar-refractivity contribution in [2.24, 2.45) is 11.7 Å². The number of likely N-dealkylation sites (tertiary alicyclic amines) is 1. The van der Waals surface area contributed by atoms with Gasteiger partial charge in [-0.3, -0.25) is 4.79 Å². The summed E-state index contributed by atoms with van der Waals surface area (Å²) < 4.78 is 28.3. The topological polar surface area (TPSA) is 46.3 Å². The van der Waals surface area contributed by atoms with Crippen LogP contribution in [-0.2, 0) is 10.7 Å². The van der Waals surface area contributed by atoms with E-state index in [0.717, 1.165) is 0 Å². The van der Waals surface area contributed by atoms with E-state index < -0.39 is 11.8 Å². The average Bonchev–Trinajstić information content (AvgIpc) is 2.47. The first kappa shape index (κ1) is 17.9. The summed E-state index contributed by atoms with van der Waals surface area (Å²) in [6.07, 6.45) is 1.38. The third kappa shape index (κ3) is 3.92. The van der Waals surface area contributed by atoms with Crippen LogP contribution in [-0.4, -0.2) is 29.9 Å². The van der Waals surface area contributed by atoms with Gasteiger partial charge < -0.3 is 10.6 Å². The van der Waals surface area contributed by atoms with Crippen molar-refractivity contribution < 1.29 is 13.6 Å². The summed E-state index contributed by atoms with van der Waals surface area (Å²) in [4.78, 5) is 13.3. The first-order valence-corrected chi connectivity index (χ1v) is 6.91. The lowest BCUT2D eigenvalue weighted by Crippen LogP contribution is -2.47. The van der Waals surface area contributed by atoms with Gasteiger partial charge in [0.25, 0.3) is 5.91 Å². The molecule has 0 spiro atoms. The molecule has 21 heavy (non-hydrogen) atoms. The minimum Gasteiger partial charge on any atom is -0.337 e.